The van der Waals surface area contributed by atoms with E-state index in [0.717, 1.165) is 6.04 Å². The van der Waals surface area contributed by atoms with Gasteiger partial charge in [0.1, 0.15) is 0 Å². The van der Waals surface area contributed by atoms with E-state index in [4.69, 9.17) is 0 Å². The van der Waals surface area contributed by atoms with Crippen molar-refractivity contribution in [2.45, 2.75) is 46.2 Å². The third-order valence-electron chi connectivity index (χ3n) is 2.38. The molecule has 0 amide bonds. The zero-order valence-corrected chi connectivity index (χ0v) is 9.43. The highest BCUT2D eigenvalue weighted by Gasteiger charge is 2.22. The zero-order chi connectivity index (χ0) is 9.84. The first-order valence-corrected chi connectivity index (χ1v) is 5.35. The largest absolute Gasteiger partial charge is 0.310 e. The summed E-state index contributed by atoms with van der Waals surface area (Å²) in [5.41, 5.74) is 0. The van der Waals surface area contributed by atoms with Gasteiger partial charge in [0.15, 0.2) is 0 Å². The van der Waals surface area contributed by atoms with Crippen molar-refractivity contribution in [2.75, 3.05) is 19.6 Å². The van der Waals surface area contributed by atoms with Gasteiger partial charge in [-0.05, 0) is 18.9 Å². The Hall–Kier alpha value is -0.0800. The number of hydrogen-bond acceptors (Lipinski definition) is 2. The summed E-state index contributed by atoms with van der Waals surface area (Å²) in [6.45, 7) is 12.5. The van der Waals surface area contributed by atoms with Crippen molar-refractivity contribution >= 4 is 0 Å². The highest BCUT2D eigenvalue weighted by Crippen LogP contribution is 2.12. The van der Waals surface area contributed by atoms with Gasteiger partial charge in [-0.25, -0.2) is 0 Å². The molecule has 0 aromatic rings. The van der Waals surface area contributed by atoms with Gasteiger partial charge in [0, 0.05) is 25.2 Å². The van der Waals surface area contributed by atoms with Gasteiger partial charge in [0.25, 0.3) is 0 Å². The van der Waals surface area contributed by atoms with Crippen molar-refractivity contribution < 1.29 is 0 Å². The standard InChI is InChI=1S/C11H23N2/c1-9(2)7-13-6-5-11(8-13)12-10(3)4/h10-12H,5-8H2,1-4H3/t11-/m1/s1. The molecule has 1 atom stereocenters. The lowest BCUT2D eigenvalue weighted by Crippen LogP contribution is -2.37. The van der Waals surface area contributed by atoms with Crippen molar-refractivity contribution in [3.63, 3.8) is 0 Å². The third kappa shape index (κ3) is 4.10. The molecule has 0 saturated carbocycles. The van der Waals surface area contributed by atoms with E-state index >= 15 is 0 Å². The fourth-order valence-corrected chi connectivity index (χ4v) is 2.03. The van der Waals surface area contributed by atoms with Gasteiger partial charge in [0.2, 0.25) is 0 Å². The first-order valence-electron chi connectivity index (χ1n) is 5.35. The summed E-state index contributed by atoms with van der Waals surface area (Å²) < 4.78 is 0. The molecule has 2 nitrogen and oxygen atoms in total. The van der Waals surface area contributed by atoms with Gasteiger partial charge < -0.3 is 10.2 Å². The molecule has 0 aliphatic carbocycles. The lowest BCUT2D eigenvalue weighted by molar-refractivity contribution is 0.336. The van der Waals surface area contributed by atoms with Crippen LogP contribution in [0.25, 0.3) is 0 Å². The highest BCUT2D eigenvalue weighted by atomic mass is 15.2. The van der Waals surface area contributed by atoms with Crippen LogP contribution in [0.5, 0.6) is 0 Å². The summed E-state index contributed by atoms with van der Waals surface area (Å²) in [7, 11) is 0. The van der Waals surface area contributed by atoms with Gasteiger partial charge in [0.05, 0.1) is 0 Å². The van der Waals surface area contributed by atoms with Gasteiger partial charge in [-0.2, -0.15) is 0 Å². The lowest BCUT2D eigenvalue weighted by atomic mass is 10.2. The highest BCUT2D eigenvalue weighted by molar-refractivity contribution is 4.88. The van der Waals surface area contributed by atoms with Crippen LogP contribution >= 0.6 is 0 Å². The van der Waals surface area contributed by atoms with E-state index in [2.05, 4.69) is 37.9 Å². The quantitative estimate of drug-likeness (QED) is 0.713. The second kappa shape index (κ2) is 4.97. The maximum atomic E-state index is 3.59. The summed E-state index contributed by atoms with van der Waals surface area (Å²) >= 11 is 0. The van der Waals surface area contributed by atoms with E-state index < -0.39 is 0 Å². The Kier molecular flexibility index (Phi) is 4.20. The van der Waals surface area contributed by atoms with Crippen LogP contribution in [0.4, 0.5) is 0 Å². The van der Waals surface area contributed by atoms with Crippen molar-refractivity contribution in [3.8, 4) is 0 Å². The summed E-state index contributed by atoms with van der Waals surface area (Å²) in [4.78, 5) is 2.54. The lowest BCUT2D eigenvalue weighted by Gasteiger charge is -2.19. The molecular weight excluding hydrogens is 160 g/mol. The van der Waals surface area contributed by atoms with E-state index in [1.165, 1.54) is 32.0 Å². The fraction of sp³-hybridized carbons (Fsp3) is 0.909. The summed E-state index contributed by atoms with van der Waals surface area (Å²) in [6, 6.07) is 1.34. The van der Waals surface area contributed by atoms with Gasteiger partial charge in [-0.15, -0.1) is 0 Å². The predicted octanol–water partition coefficient (Wildman–Crippen LogP) is 1.67. The predicted molar refractivity (Wildman–Crippen MR) is 57.7 cm³/mol. The molecule has 0 bridgehead atoms. The van der Waals surface area contributed by atoms with E-state index in [-0.39, 0.29) is 0 Å². The minimum absolute atomic E-state index is 0.622. The summed E-state index contributed by atoms with van der Waals surface area (Å²) in [6.07, 6.45) is 1.31. The molecule has 0 spiro atoms. The number of rotatable bonds is 4. The van der Waals surface area contributed by atoms with Crippen LogP contribution in [0.15, 0.2) is 0 Å². The van der Waals surface area contributed by atoms with Crippen molar-refractivity contribution in [3.05, 3.63) is 5.92 Å². The third-order valence-corrected chi connectivity index (χ3v) is 2.38. The molecule has 0 unspecified atom stereocenters. The Morgan fingerprint density at radius 3 is 2.69 bits per heavy atom. The van der Waals surface area contributed by atoms with Crippen LogP contribution < -0.4 is 5.32 Å². The van der Waals surface area contributed by atoms with Gasteiger partial charge >= 0.3 is 0 Å². The molecule has 1 rings (SSSR count). The average Bonchev–Trinajstić information content (AvgIpc) is 2.33. The Morgan fingerprint density at radius 1 is 1.46 bits per heavy atom. The average molecular weight is 183 g/mol. The molecule has 1 aliphatic heterocycles. The Balaban J connectivity index is 2.20. The molecular formula is C11H23N2. The van der Waals surface area contributed by atoms with Crippen LogP contribution in [0.2, 0.25) is 0 Å². The molecule has 1 aliphatic rings. The number of likely N-dealkylation sites (tertiary alicyclic amines) is 1. The number of nitrogens with zero attached hydrogens (tertiary/aromatic N) is 1. The molecule has 0 aromatic carbocycles. The van der Waals surface area contributed by atoms with Crippen LogP contribution in [-0.2, 0) is 0 Å². The van der Waals surface area contributed by atoms with Crippen molar-refractivity contribution in [1.82, 2.24) is 10.2 Å². The Bertz CT molecular complexity index is 127. The molecule has 13 heavy (non-hydrogen) atoms. The summed E-state index contributed by atoms with van der Waals surface area (Å²) in [5.74, 6) is 1.52. The first-order chi connectivity index (χ1) is 6.08. The maximum Gasteiger partial charge on any atom is 0.0209 e. The van der Waals surface area contributed by atoms with Crippen LogP contribution in [0.1, 0.15) is 34.1 Å². The smallest absolute Gasteiger partial charge is 0.0209 e. The van der Waals surface area contributed by atoms with Crippen molar-refractivity contribution in [1.29, 1.82) is 0 Å². The molecule has 0 aromatic heterocycles. The first kappa shape index (κ1) is 11.0. The Labute approximate surface area is 82.7 Å². The van der Waals surface area contributed by atoms with E-state index in [9.17, 15) is 0 Å². The van der Waals surface area contributed by atoms with E-state index in [0.29, 0.717) is 6.04 Å². The Morgan fingerprint density at radius 2 is 2.15 bits per heavy atom. The van der Waals surface area contributed by atoms with Crippen LogP contribution in [0, 0.1) is 5.92 Å². The fourth-order valence-electron chi connectivity index (χ4n) is 2.03. The molecule has 1 saturated heterocycles. The second-order valence-electron chi connectivity index (χ2n) is 4.75. The molecule has 1 radical (unpaired) electrons. The molecule has 77 valence electrons. The normalized spacial score (nSPS) is 24.9. The topological polar surface area (TPSA) is 15.3 Å². The van der Waals surface area contributed by atoms with Crippen molar-refractivity contribution in [2.24, 2.45) is 0 Å². The second-order valence-corrected chi connectivity index (χ2v) is 4.75. The number of hydrogen-bond donors (Lipinski definition) is 1. The number of nitrogens with one attached hydrogen (secondary N) is 1. The summed E-state index contributed by atoms with van der Waals surface area (Å²) in [5, 5.41) is 3.59. The molecule has 1 fully saturated rings. The molecule has 1 N–H and O–H groups in total. The minimum Gasteiger partial charge on any atom is -0.310 e. The molecule has 2 heteroatoms. The molecule has 1 heterocycles. The zero-order valence-electron chi connectivity index (χ0n) is 9.43. The van der Waals surface area contributed by atoms with Gasteiger partial charge in [-0.1, -0.05) is 27.7 Å². The van der Waals surface area contributed by atoms with Crippen LogP contribution in [0.3, 0.4) is 0 Å². The maximum absolute atomic E-state index is 3.59. The van der Waals surface area contributed by atoms with Crippen LogP contribution in [-0.4, -0.2) is 36.6 Å². The monoisotopic (exact) mass is 183 g/mol. The minimum atomic E-state index is 0.622. The van der Waals surface area contributed by atoms with E-state index in [1.807, 2.05) is 0 Å². The van der Waals surface area contributed by atoms with E-state index in [1.54, 1.807) is 0 Å². The van der Waals surface area contributed by atoms with Gasteiger partial charge in [-0.3, -0.25) is 0 Å². The SMILES string of the molecule is C[C](C)CN1CC[C@@H](NC(C)C)C1.